The Morgan fingerprint density at radius 3 is 1.36 bits per heavy atom. The van der Waals surface area contributed by atoms with E-state index in [0.717, 1.165) is 44.9 Å². The lowest BCUT2D eigenvalue weighted by molar-refractivity contribution is -0.117. The summed E-state index contributed by atoms with van der Waals surface area (Å²) in [5.41, 5.74) is 1.14. The third kappa shape index (κ3) is 12.2. The summed E-state index contributed by atoms with van der Waals surface area (Å²) in [6.45, 7) is 4.06. The van der Waals surface area contributed by atoms with E-state index in [-0.39, 0.29) is 30.3 Å². The van der Waals surface area contributed by atoms with Crippen LogP contribution in [0.25, 0.3) is 0 Å². The largest absolute Gasteiger partial charge is 0.361 e. The van der Waals surface area contributed by atoms with Gasteiger partial charge in [-0.1, -0.05) is 32.1 Å². The summed E-state index contributed by atoms with van der Waals surface area (Å²) < 4.78 is 34.7. The first-order valence-corrected chi connectivity index (χ1v) is 16.5. The summed E-state index contributed by atoms with van der Waals surface area (Å²) in [4.78, 5) is 42.5. The topological polar surface area (TPSA) is 151 Å². The fourth-order valence-corrected chi connectivity index (χ4v) is 6.00. The van der Waals surface area contributed by atoms with Crippen LogP contribution in [0.1, 0.15) is 71.6 Å². The van der Waals surface area contributed by atoms with Crippen molar-refractivity contribution in [1.82, 2.24) is 0 Å². The Hall–Kier alpha value is -2.32. The van der Waals surface area contributed by atoms with Gasteiger partial charge < -0.3 is 29.5 Å². The van der Waals surface area contributed by atoms with Crippen molar-refractivity contribution in [3.63, 3.8) is 0 Å². The van der Waals surface area contributed by atoms with Gasteiger partial charge in [-0.25, -0.2) is 0 Å². The molecule has 0 aliphatic heterocycles. The Kier molecular flexibility index (Phi) is 14.1. The highest BCUT2D eigenvalue weighted by Crippen LogP contribution is 2.46. The van der Waals surface area contributed by atoms with E-state index in [4.69, 9.17) is 18.8 Å². The van der Waals surface area contributed by atoms with Crippen LogP contribution < -0.4 is 21.2 Å². The van der Waals surface area contributed by atoms with E-state index >= 15 is 0 Å². The van der Waals surface area contributed by atoms with Crippen LogP contribution >= 0.6 is 15.2 Å². The number of carbonyl (C=O) groups excluding carboxylic acids is 2. The minimum atomic E-state index is -4.29. The van der Waals surface area contributed by atoms with Gasteiger partial charge in [-0.2, -0.15) is 0 Å². The van der Waals surface area contributed by atoms with Gasteiger partial charge in [0.1, 0.15) is 0 Å². The normalized spacial score (nSPS) is 11.8. The molecule has 12 heteroatoms. The van der Waals surface area contributed by atoms with Crippen LogP contribution in [0, 0.1) is 0 Å². The van der Waals surface area contributed by atoms with Crippen LogP contribution in [-0.2, 0) is 27.8 Å². The van der Waals surface area contributed by atoms with Gasteiger partial charge in [-0.15, -0.1) is 0 Å². The van der Waals surface area contributed by atoms with E-state index < -0.39 is 15.2 Å². The van der Waals surface area contributed by atoms with Crippen LogP contribution in [0.5, 0.6) is 0 Å². The molecule has 0 radical (unpaired) electrons. The minimum Gasteiger partial charge on any atom is -0.326 e. The van der Waals surface area contributed by atoms with Gasteiger partial charge in [-0.3, -0.25) is 18.7 Å². The first-order chi connectivity index (χ1) is 18.6. The SMILES string of the molecule is CCOP(=O)(OCC)c1ccc(NC(=O)CCCCCCCCCC(=O)Nc2ccc(P(=O)(O)O)cc2)cc1. The molecule has 10 nitrogen and oxygen atoms in total. The number of hydrogen-bond acceptors (Lipinski definition) is 6. The van der Waals surface area contributed by atoms with Gasteiger partial charge >= 0.3 is 15.2 Å². The molecule has 0 saturated carbocycles. The summed E-state index contributed by atoms with van der Waals surface area (Å²) in [5, 5.41) is 5.97. The highest BCUT2D eigenvalue weighted by atomic mass is 31.2. The van der Waals surface area contributed by atoms with E-state index in [9.17, 15) is 18.7 Å². The smallest absolute Gasteiger partial charge is 0.326 e. The maximum absolute atomic E-state index is 12.8. The van der Waals surface area contributed by atoms with Crippen LogP contribution in [0.3, 0.4) is 0 Å². The van der Waals surface area contributed by atoms with Gasteiger partial charge in [0.15, 0.2) is 0 Å². The molecule has 0 spiro atoms. The predicted octanol–water partition coefficient (Wildman–Crippen LogP) is 5.47. The van der Waals surface area contributed by atoms with Crippen molar-refractivity contribution >= 4 is 49.0 Å². The Morgan fingerprint density at radius 1 is 0.641 bits per heavy atom. The fraction of sp³-hybridized carbons (Fsp3) is 0.481. The molecule has 0 aliphatic rings. The maximum atomic E-state index is 12.8. The molecular formula is C27H40N2O8P2. The molecular weight excluding hydrogens is 542 g/mol. The molecule has 0 aromatic heterocycles. The number of carbonyl (C=O) groups is 2. The first-order valence-electron chi connectivity index (χ1n) is 13.3. The summed E-state index contributed by atoms with van der Waals surface area (Å²) in [6.07, 6.45) is 7.30. The second-order valence-corrected chi connectivity index (χ2v) is 12.7. The Balaban J connectivity index is 1.54. The Morgan fingerprint density at radius 2 is 1.00 bits per heavy atom. The van der Waals surface area contributed by atoms with Crippen molar-refractivity contribution in [2.75, 3.05) is 23.8 Å². The number of hydrogen-bond donors (Lipinski definition) is 4. The molecule has 0 heterocycles. The van der Waals surface area contributed by atoms with Gasteiger partial charge in [-0.05, 0) is 75.2 Å². The van der Waals surface area contributed by atoms with Crippen molar-refractivity contribution in [3.05, 3.63) is 48.5 Å². The zero-order chi connectivity index (χ0) is 28.7. The number of anilines is 2. The summed E-state index contributed by atoms with van der Waals surface area (Å²) >= 11 is 0. The van der Waals surface area contributed by atoms with Gasteiger partial charge in [0.25, 0.3) is 0 Å². The average Bonchev–Trinajstić information content (AvgIpc) is 2.88. The lowest BCUT2D eigenvalue weighted by Gasteiger charge is -2.17. The third-order valence-electron chi connectivity index (χ3n) is 5.86. The summed E-state index contributed by atoms with van der Waals surface area (Å²) in [5.74, 6) is -0.194. The lowest BCUT2D eigenvalue weighted by atomic mass is 10.1. The molecule has 0 fully saturated rings. The Labute approximate surface area is 230 Å². The van der Waals surface area contributed by atoms with Crippen LogP contribution in [0.15, 0.2) is 48.5 Å². The van der Waals surface area contributed by atoms with E-state index in [1.54, 1.807) is 38.1 Å². The highest BCUT2D eigenvalue weighted by Gasteiger charge is 2.26. The molecule has 39 heavy (non-hydrogen) atoms. The first kappa shape index (κ1) is 32.9. The lowest BCUT2D eigenvalue weighted by Crippen LogP contribution is -2.13. The monoisotopic (exact) mass is 582 g/mol. The molecule has 2 aromatic rings. The highest BCUT2D eigenvalue weighted by molar-refractivity contribution is 7.62. The third-order valence-corrected chi connectivity index (χ3v) is 8.96. The summed E-state index contributed by atoms with van der Waals surface area (Å²) in [6, 6.07) is 12.3. The predicted molar refractivity (Wildman–Crippen MR) is 154 cm³/mol. The van der Waals surface area contributed by atoms with Crippen molar-refractivity contribution in [1.29, 1.82) is 0 Å². The van der Waals surface area contributed by atoms with E-state index in [1.165, 1.54) is 24.3 Å². The number of unbranched alkanes of at least 4 members (excludes halogenated alkanes) is 6. The molecule has 2 amide bonds. The van der Waals surface area contributed by atoms with Gasteiger partial charge in [0.05, 0.1) is 23.8 Å². The van der Waals surface area contributed by atoms with Crippen LogP contribution in [0.2, 0.25) is 0 Å². The molecule has 0 saturated heterocycles. The number of benzene rings is 2. The second kappa shape index (κ2) is 16.7. The second-order valence-electron chi connectivity index (χ2n) is 9.04. The van der Waals surface area contributed by atoms with Crippen LogP contribution in [0.4, 0.5) is 11.4 Å². The van der Waals surface area contributed by atoms with Crippen molar-refractivity contribution in [2.24, 2.45) is 0 Å². The zero-order valence-corrected chi connectivity index (χ0v) is 24.4. The van der Waals surface area contributed by atoms with Gasteiger partial charge in [0.2, 0.25) is 11.8 Å². The standard InChI is InChI=1S/C27H40N2O8P2/c1-3-36-39(35,37-4-2)25-20-16-23(17-21-25)29-27(31)13-11-9-7-5-6-8-10-12-26(30)28-22-14-18-24(19-15-22)38(32,33)34/h14-21H,3-13H2,1-2H3,(H,28,30)(H,29,31)(H2,32,33,34). The molecule has 4 N–H and O–H groups in total. The molecule has 2 aromatic carbocycles. The van der Waals surface area contributed by atoms with Crippen molar-refractivity contribution < 1.29 is 37.6 Å². The fourth-order valence-electron chi connectivity index (χ4n) is 3.89. The van der Waals surface area contributed by atoms with E-state index in [1.807, 2.05) is 0 Å². The van der Waals surface area contributed by atoms with Gasteiger partial charge in [0, 0.05) is 24.2 Å². The molecule has 0 unspecified atom stereocenters. The van der Waals surface area contributed by atoms with E-state index in [0.29, 0.717) is 29.5 Å². The summed E-state index contributed by atoms with van der Waals surface area (Å²) in [7, 11) is -7.63. The molecule has 0 aliphatic carbocycles. The minimum absolute atomic E-state index is 0.0667. The maximum Gasteiger partial charge on any atom is 0.361 e. The molecule has 216 valence electrons. The number of rotatable bonds is 18. The van der Waals surface area contributed by atoms with Crippen LogP contribution in [-0.4, -0.2) is 34.8 Å². The number of amides is 2. The molecule has 0 bridgehead atoms. The molecule has 2 rings (SSSR count). The van der Waals surface area contributed by atoms with Crippen molar-refractivity contribution in [3.8, 4) is 0 Å². The van der Waals surface area contributed by atoms with Crippen molar-refractivity contribution in [2.45, 2.75) is 71.6 Å². The number of nitrogens with one attached hydrogen (secondary N) is 2. The average molecular weight is 583 g/mol. The quantitative estimate of drug-likeness (QED) is 0.133. The molecule has 0 atom stereocenters. The van der Waals surface area contributed by atoms with E-state index in [2.05, 4.69) is 10.6 Å². The Bertz CT molecular complexity index is 1120. The zero-order valence-electron chi connectivity index (χ0n) is 22.6.